The van der Waals surface area contributed by atoms with Crippen LogP contribution in [-0.2, 0) is 16.9 Å². The second-order valence-electron chi connectivity index (χ2n) is 6.21. The van der Waals surface area contributed by atoms with Crippen LogP contribution < -0.4 is 10.1 Å². The van der Waals surface area contributed by atoms with E-state index in [2.05, 4.69) is 5.32 Å². The van der Waals surface area contributed by atoms with Crippen molar-refractivity contribution in [2.24, 2.45) is 0 Å². The SMILES string of the molecule is COc1ccc([N+](=O)[O-])cc1CN1C(=O)NC(C)(c2ccc(F)cc2)C1=O. The predicted octanol–water partition coefficient (Wildman–Crippen LogP) is 2.71. The maximum Gasteiger partial charge on any atom is 0.325 e. The molecule has 3 amide bonds. The van der Waals surface area contributed by atoms with E-state index in [1.54, 1.807) is 0 Å². The summed E-state index contributed by atoms with van der Waals surface area (Å²) >= 11 is 0. The number of nitro groups is 1. The lowest BCUT2D eigenvalue weighted by molar-refractivity contribution is -0.384. The quantitative estimate of drug-likeness (QED) is 0.493. The minimum atomic E-state index is -1.36. The van der Waals surface area contributed by atoms with E-state index >= 15 is 0 Å². The summed E-state index contributed by atoms with van der Waals surface area (Å²) in [4.78, 5) is 36.7. The number of imide groups is 1. The molecule has 1 unspecified atom stereocenters. The first-order valence-corrected chi connectivity index (χ1v) is 7.97. The second-order valence-corrected chi connectivity index (χ2v) is 6.21. The molecular formula is C18H16FN3O5. The third-order valence-electron chi connectivity index (χ3n) is 4.50. The van der Waals surface area contributed by atoms with Crippen LogP contribution in [0, 0.1) is 15.9 Å². The van der Waals surface area contributed by atoms with Crippen LogP contribution >= 0.6 is 0 Å². The van der Waals surface area contributed by atoms with E-state index in [-0.39, 0.29) is 12.2 Å². The topological polar surface area (TPSA) is 102 Å². The van der Waals surface area contributed by atoms with Gasteiger partial charge in [0.15, 0.2) is 0 Å². The summed E-state index contributed by atoms with van der Waals surface area (Å²) in [7, 11) is 1.39. The Hall–Kier alpha value is -3.49. The Morgan fingerprint density at radius 1 is 1.22 bits per heavy atom. The molecule has 1 aliphatic heterocycles. The van der Waals surface area contributed by atoms with Crippen LogP contribution in [0.15, 0.2) is 42.5 Å². The summed E-state index contributed by atoms with van der Waals surface area (Å²) in [5.41, 5.74) is -0.799. The van der Waals surface area contributed by atoms with Gasteiger partial charge in [-0.2, -0.15) is 0 Å². The van der Waals surface area contributed by atoms with E-state index in [0.717, 1.165) is 4.90 Å². The number of hydrogen-bond donors (Lipinski definition) is 1. The van der Waals surface area contributed by atoms with Gasteiger partial charge in [0.2, 0.25) is 0 Å². The molecule has 140 valence electrons. The zero-order chi connectivity index (χ0) is 19.8. The fraction of sp³-hybridized carbons (Fsp3) is 0.222. The van der Waals surface area contributed by atoms with Gasteiger partial charge in [0.05, 0.1) is 18.6 Å². The summed E-state index contributed by atoms with van der Waals surface area (Å²) in [6.07, 6.45) is 0. The minimum Gasteiger partial charge on any atom is -0.496 e. The number of urea groups is 1. The minimum absolute atomic E-state index is 0.181. The molecule has 8 nitrogen and oxygen atoms in total. The highest BCUT2D eigenvalue weighted by atomic mass is 19.1. The molecule has 9 heteroatoms. The molecule has 2 aromatic rings. The van der Waals surface area contributed by atoms with E-state index in [4.69, 9.17) is 4.74 Å². The number of nitrogens with one attached hydrogen (secondary N) is 1. The van der Waals surface area contributed by atoms with Gasteiger partial charge < -0.3 is 10.1 Å². The van der Waals surface area contributed by atoms with Crippen LogP contribution in [0.1, 0.15) is 18.1 Å². The highest BCUT2D eigenvalue weighted by molar-refractivity contribution is 6.07. The van der Waals surface area contributed by atoms with Gasteiger partial charge in [0, 0.05) is 17.7 Å². The third kappa shape index (κ3) is 3.19. The van der Waals surface area contributed by atoms with Gasteiger partial charge in [-0.25, -0.2) is 9.18 Å². The van der Waals surface area contributed by atoms with Gasteiger partial charge in [0.25, 0.3) is 11.6 Å². The lowest BCUT2D eigenvalue weighted by Gasteiger charge is -2.22. The van der Waals surface area contributed by atoms with E-state index in [0.29, 0.717) is 16.9 Å². The van der Waals surface area contributed by atoms with Crippen molar-refractivity contribution in [1.29, 1.82) is 0 Å². The predicted molar refractivity (Wildman–Crippen MR) is 92.5 cm³/mol. The fourth-order valence-corrected chi connectivity index (χ4v) is 2.99. The number of hydrogen-bond acceptors (Lipinski definition) is 5. The zero-order valence-electron chi connectivity index (χ0n) is 14.6. The number of benzene rings is 2. The Morgan fingerprint density at radius 3 is 2.48 bits per heavy atom. The number of carbonyl (C=O) groups is 2. The van der Waals surface area contributed by atoms with Gasteiger partial charge in [-0.05, 0) is 30.7 Å². The first-order valence-electron chi connectivity index (χ1n) is 7.97. The fourth-order valence-electron chi connectivity index (χ4n) is 2.99. The lowest BCUT2D eigenvalue weighted by atomic mass is 9.92. The molecule has 0 bridgehead atoms. The van der Waals surface area contributed by atoms with Crippen molar-refractivity contribution in [2.45, 2.75) is 19.0 Å². The Balaban J connectivity index is 1.93. The van der Waals surface area contributed by atoms with Crippen molar-refractivity contribution in [1.82, 2.24) is 10.2 Å². The number of amides is 3. The molecule has 0 aromatic heterocycles. The smallest absolute Gasteiger partial charge is 0.325 e. The largest absolute Gasteiger partial charge is 0.496 e. The van der Waals surface area contributed by atoms with Gasteiger partial charge in [-0.15, -0.1) is 0 Å². The normalized spacial score (nSPS) is 19.1. The van der Waals surface area contributed by atoms with Crippen LogP contribution in [0.2, 0.25) is 0 Å². The average molecular weight is 373 g/mol. The van der Waals surface area contributed by atoms with Crippen molar-refractivity contribution in [3.05, 3.63) is 69.5 Å². The van der Waals surface area contributed by atoms with Gasteiger partial charge >= 0.3 is 6.03 Å². The lowest BCUT2D eigenvalue weighted by Crippen LogP contribution is -2.40. The van der Waals surface area contributed by atoms with Crippen LogP contribution in [0.5, 0.6) is 5.75 Å². The number of nitro benzene ring substituents is 1. The number of rotatable bonds is 5. The summed E-state index contributed by atoms with van der Waals surface area (Å²) in [6.45, 7) is 1.32. The highest BCUT2D eigenvalue weighted by Crippen LogP contribution is 2.32. The number of halogens is 1. The van der Waals surface area contributed by atoms with E-state index in [1.165, 1.54) is 56.5 Å². The summed E-state index contributed by atoms with van der Waals surface area (Å²) in [6, 6.07) is 8.53. The zero-order valence-corrected chi connectivity index (χ0v) is 14.6. The number of methoxy groups -OCH3 is 1. The van der Waals surface area contributed by atoms with Gasteiger partial charge in [-0.3, -0.25) is 19.8 Å². The molecule has 1 heterocycles. The van der Waals surface area contributed by atoms with Crippen molar-refractivity contribution in [3.8, 4) is 5.75 Å². The van der Waals surface area contributed by atoms with Crippen molar-refractivity contribution < 1.29 is 23.6 Å². The van der Waals surface area contributed by atoms with Crippen LogP contribution in [0.25, 0.3) is 0 Å². The molecule has 0 saturated carbocycles. The molecule has 2 aromatic carbocycles. The molecule has 0 spiro atoms. The molecule has 1 N–H and O–H groups in total. The Labute approximate surface area is 153 Å². The van der Waals surface area contributed by atoms with Gasteiger partial charge in [-0.1, -0.05) is 12.1 Å². The standard InChI is InChI=1S/C18H16FN3O5/c1-18(12-3-5-13(19)6-4-12)16(23)21(17(24)20-18)10-11-9-14(22(25)26)7-8-15(11)27-2/h3-9H,10H2,1-2H3,(H,20,24). The molecule has 1 fully saturated rings. The molecule has 0 radical (unpaired) electrons. The van der Waals surface area contributed by atoms with Crippen molar-refractivity contribution in [3.63, 3.8) is 0 Å². The average Bonchev–Trinajstić information content (AvgIpc) is 2.86. The maximum absolute atomic E-state index is 13.2. The number of carbonyl (C=O) groups excluding carboxylic acids is 2. The Morgan fingerprint density at radius 2 is 1.89 bits per heavy atom. The summed E-state index contributed by atoms with van der Waals surface area (Å²) in [5.74, 6) is -0.693. The summed E-state index contributed by atoms with van der Waals surface area (Å²) in [5, 5.41) is 13.6. The van der Waals surface area contributed by atoms with E-state index < -0.39 is 28.2 Å². The number of ether oxygens (including phenoxy) is 1. The molecule has 1 aliphatic rings. The Bertz CT molecular complexity index is 931. The van der Waals surface area contributed by atoms with Crippen molar-refractivity contribution in [2.75, 3.05) is 7.11 Å². The van der Waals surface area contributed by atoms with E-state index in [1.807, 2.05) is 0 Å². The van der Waals surface area contributed by atoms with E-state index in [9.17, 15) is 24.1 Å². The highest BCUT2D eigenvalue weighted by Gasteiger charge is 2.49. The summed E-state index contributed by atoms with van der Waals surface area (Å²) < 4.78 is 18.3. The van der Waals surface area contributed by atoms with Crippen LogP contribution in [0.4, 0.5) is 14.9 Å². The van der Waals surface area contributed by atoms with Crippen LogP contribution in [0.3, 0.4) is 0 Å². The van der Waals surface area contributed by atoms with Gasteiger partial charge in [0.1, 0.15) is 17.1 Å². The maximum atomic E-state index is 13.2. The first-order chi connectivity index (χ1) is 12.8. The van der Waals surface area contributed by atoms with Crippen molar-refractivity contribution >= 4 is 17.6 Å². The molecule has 1 saturated heterocycles. The number of non-ortho nitro benzene ring substituents is 1. The number of nitrogens with zero attached hydrogens (tertiary/aromatic N) is 2. The third-order valence-corrected chi connectivity index (χ3v) is 4.50. The first kappa shape index (κ1) is 18.3. The second kappa shape index (κ2) is 6.67. The molecular weight excluding hydrogens is 357 g/mol. The molecule has 0 aliphatic carbocycles. The van der Waals surface area contributed by atoms with Crippen LogP contribution in [-0.4, -0.2) is 28.9 Å². The molecule has 1 atom stereocenters. The monoisotopic (exact) mass is 373 g/mol. The Kier molecular flexibility index (Phi) is 4.52. The molecule has 27 heavy (non-hydrogen) atoms. The molecule has 3 rings (SSSR count).